The monoisotopic (exact) mass is 1880 g/mol. The number of nitrogens with two attached hydrogens (primary N) is 3. The molecule has 0 amide bonds. The van der Waals surface area contributed by atoms with Crippen LogP contribution in [0.5, 0.6) is 17.2 Å². The van der Waals surface area contributed by atoms with Gasteiger partial charge in [0.25, 0.3) is 16.7 Å². The average molecular weight is 1890 g/mol. The van der Waals surface area contributed by atoms with Crippen LogP contribution in [0.15, 0.2) is 142 Å². The van der Waals surface area contributed by atoms with Crippen LogP contribution < -0.4 is 47.5 Å². The van der Waals surface area contributed by atoms with E-state index < -0.39 is 200 Å². The predicted octanol–water partition coefficient (Wildman–Crippen LogP) is 12.5. The van der Waals surface area contributed by atoms with Crippen LogP contribution in [-0.4, -0.2) is 202 Å². The van der Waals surface area contributed by atoms with Gasteiger partial charge in [-0.3, -0.25) is 57.3 Å². The van der Waals surface area contributed by atoms with E-state index >= 15 is 0 Å². The van der Waals surface area contributed by atoms with Crippen molar-refractivity contribution in [3.8, 4) is 17.2 Å². The molecule has 9 heterocycles. The molecule has 3 saturated heterocycles. The number of anilines is 3. The molecule has 36 nitrogen and oxygen atoms in total. The van der Waals surface area contributed by atoms with E-state index in [4.69, 9.17) is 108 Å². The topological polar surface area (TPSA) is 504 Å². The van der Waals surface area contributed by atoms with Crippen molar-refractivity contribution in [1.29, 1.82) is 0 Å². The van der Waals surface area contributed by atoms with E-state index in [2.05, 4.69) is 29.9 Å². The number of halogens is 6. The molecular weight excluding hydrogens is 1780 g/mol. The Balaban J connectivity index is 0.000000197. The molecule has 0 aliphatic carbocycles. The Kier molecular flexibility index (Phi) is 30.9. The predicted molar refractivity (Wildman–Crippen MR) is 463 cm³/mol. The van der Waals surface area contributed by atoms with E-state index in [1.54, 1.807) is 133 Å². The zero-order valence-corrected chi connectivity index (χ0v) is 76.4. The van der Waals surface area contributed by atoms with Crippen molar-refractivity contribution in [1.82, 2.24) is 43.6 Å². The van der Waals surface area contributed by atoms with Crippen LogP contribution >= 0.6 is 57.6 Å². The fourth-order valence-electron chi connectivity index (χ4n) is 14.6. The number of aliphatic hydroxyl groups is 3. The SMILES string of the molecule is CC(C)OC(=O)[C@H](C)CP(=O)(Oc1ccccc1)OC(C)(C)[C@H]1O[C@@H](n2ccc3c(=O)[nH]c(N)nc32)C(Cl)(CF)[C@H]1O.CC(C)OC(=O)[C@H](C)C[P@@](=O)(Oc1ccccc1)OC(C)(C)[C@H]1O[C@@H](n2ccc3c(=O)[nH]c(N)nc32)C(Cl)(CF)[C@H]1O.CC(C)OC(=O)[C@H](C)C[P@](=O)(Oc1ccccc1)OC(C)(C)[C@H]1O[C@@H](n2ccc3c(=O)[nH]c(N)nc32)C(Cl)(CF)[C@H]1O. The van der Waals surface area contributed by atoms with Crippen LogP contribution in [0.25, 0.3) is 33.1 Å². The number of carbonyl (C=O) groups is 3. The molecule has 3 aromatic carbocycles. The van der Waals surface area contributed by atoms with Crippen LogP contribution in [0.3, 0.4) is 0 Å². The highest BCUT2D eigenvalue weighted by atomic mass is 35.5. The molecule has 12 N–H and O–H groups in total. The van der Waals surface area contributed by atoms with Crippen molar-refractivity contribution in [3.63, 3.8) is 0 Å². The van der Waals surface area contributed by atoms with Crippen molar-refractivity contribution in [3.05, 3.63) is 159 Å². The number of nitrogens with one attached hydrogen (secondary N) is 3. The maximum absolute atomic E-state index is 14.6. The van der Waals surface area contributed by atoms with Gasteiger partial charge in [-0.1, -0.05) is 75.4 Å². The zero-order valence-electron chi connectivity index (χ0n) is 71.5. The number of benzene rings is 3. The lowest BCUT2D eigenvalue weighted by atomic mass is 9.91. The van der Waals surface area contributed by atoms with E-state index in [0.29, 0.717) is 0 Å². The number of rotatable bonds is 33. The molecule has 6 aromatic heterocycles. The average Bonchev–Trinajstić information content (AvgIpc) is 1.58. The number of fused-ring (bicyclic) bond motifs is 3. The highest BCUT2D eigenvalue weighted by molar-refractivity contribution is 7.55. The van der Waals surface area contributed by atoms with Gasteiger partial charge < -0.3 is 88.2 Å². The molecule has 45 heteroatoms. The normalized spacial score (nSPS) is 24.9. The quantitative estimate of drug-likeness (QED) is 0.00798. The second-order valence-electron chi connectivity index (χ2n) is 33.3. The minimum Gasteiger partial charge on any atom is -0.463 e. The van der Waals surface area contributed by atoms with Gasteiger partial charge in [0.2, 0.25) is 17.8 Å². The van der Waals surface area contributed by atoms with Gasteiger partial charge in [0, 0.05) is 18.6 Å². The summed E-state index contributed by atoms with van der Waals surface area (Å²) in [5.41, 5.74) is 10.9. The number of aliphatic hydroxyl groups excluding tert-OH is 3. The van der Waals surface area contributed by atoms with Crippen molar-refractivity contribution >= 4 is 126 Å². The van der Waals surface area contributed by atoms with Gasteiger partial charge in [-0.05, 0) is 138 Å². The standard InChI is InChI=1S/3C27H35ClFN4O8P/c3*1-15(2)38-23(36)16(3)13-42(37,40-17-9-7-6-8-10-17)41-26(4,5)20-19(34)27(28,14-29)24(39-20)33-12-11-18-21(33)31-25(30)32-22(18)35/h3*6-12,15-16,19-20,24,34H,13-14H2,1-5H3,(H3,30,31,32,35)/t16-,19+,20+,24-,27?,42?;16-,19+,20+,24-,27?,42+;16-,19+,20+,24-,27?,42-/m111/s1. The highest BCUT2D eigenvalue weighted by Crippen LogP contribution is 2.61. The fraction of sp³-hybridized carbons (Fsp3) is 0.519. The summed E-state index contributed by atoms with van der Waals surface area (Å²) >= 11 is 20.1. The molecule has 3 fully saturated rings. The van der Waals surface area contributed by atoms with Crippen LogP contribution in [0.2, 0.25) is 0 Å². The van der Waals surface area contributed by atoms with Gasteiger partial charge in [0.1, 0.15) is 105 Å². The number of hydrogen-bond donors (Lipinski definition) is 9. The lowest BCUT2D eigenvalue weighted by Crippen LogP contribution is -2.50. The molecule has 9 aromatic rings. The summed E-state index contributed by atoms with van der Waals surface area (Å²) in [5, 5.41) is 34.4. The fourth-order valence-corrected chi connectivity index (χ4v) is 22.2. The Hall–Kier alpha value is -8.88. The zero-order chi connectivity index (χ0) is 93.1. The van der Waals surface area contributed by atoms with Crippen LogP contribution in [-0.2, 0) is 70.1 Å². The first-order valence-electron chi connectivity index (χ1n) is 39.9. The van der Waals surface area contributed by atoms with Crippen molar-refractivity contribution in [2.45, 2.75) is 209 Å². The van der Waals surface area contributed by atoms with Crippen LogP contribution in [0.4, 0.5) is 31.0 Å². The first-order chi connectivity index (χ1) is 58.8. The summed E-state index contributed by atoms with van der Waals surface area (Å²) in [7, 11) is -12.6. The molecule has 18 atom stereocenters. The highest BCUT2D eigenvalue weighted by Gasteiger charge is 2.65. The summed E-state index contributed by atoms with van der Waals surface area (Å²) in [6.45, 7) is 19.9. The smallest absolute Gasteiger partial charge is 0.380 e. The molecule has 0 radical (unpaired) electrons. The third-order valence-corrected chi connectivity index (χ3v) is 28.7. The second-order valence-corrected chi connectivity index (χ2v) is 41.3. The largest absolute Gasteiger partial charge is 0.463 e. The maximum Gasteiger partial charge on any atom is 0.380 e. The summed E-state index contributed by atoms with van der Waals surface area (Å²) in [6, 6.07) is 29.0. The Morgan fingerprint density at radius 2 is 0.659 bits per heavy atom. The Labute approximate surface area is 736 Å². The minimum absolute atomic E-state index is 0.0573. The first-order valence-corrected chi connectivity index (χ1v) is 46.2. The summed E-state index contributed by atoms with van der Waals surface area (Å²) in [4.78, 5) is 88.2. The number of aromatic amines is 3. The molecule has 12 rings (SSSR count). The molecule has 0 saturated carbocycles. The van der Waals surface area contributed by atoms with Gasteiger partial charge in [-0.15, -0.1) is 34.8 Å². The van der Waals surface area contributed by atoms with Crippen molar-refractivity contribution in [2.75, 3.05) is 55.7 Å². The molecule has 4 unspecified atom stereocenters. The van der Waals surface area contributed by atoms with E-state index in [9.17, 15) is 71.0 Å². The Morgan fingerprint density at radius 1 is 0.437 bits per heavy atom. The third-order valence-electron chi connectivity index (χ3n) is 20.5. The van der Waals surface area contributed by atoms with Gasteiger partial charge >= 0.3 is 40.7 Å². The summed E-state index contributed by atoms with van der Waals surface area (Å²) in [5.74, 6) is -4.37. The van der Waals surface area contributed by atoms with Gasteiger partial charge in [0.05, 0.1) is 70.7 Å². The van der Waals surface area contributed by atoms with E-state index in [-0.39, 0.29) is 86.7 Å². The number of aromatic nitrogens is 9. The molecule has 0 spiro atoms. The lowest BCUT2D eigenvalue weighted by Gasteiger charge is -2.36. The van der Waals surface area contributed by atoms with E-state index in [1.165, 1.54) is 113 Å². The molecule has 690 valence electrons. The second kappa shape index (κ2) is 39.2. The maximum atomic E-state index is 14.6. The Bertz CT molecular complexity index is 5140. The summed E-state index contributed by atoms with van der Waals surface area (Å²) < 4.78 is 161. The molecule has 3 aliphatic rings. The van der Waals surface area contributed by atoms with Crippen molar-refractivity contribution < 1.29 is 112 Å². The van der Waals surface area contributed by atoms with Crippen molar-refractivity contribution in [2.24, 2.45) is 17.8 Å². The number of H-pyrrole nitrogens is 3. The third kappa shape index (κ3) is 22.0. The number of ether oxygens (including phenoxy) is 6. The van der Waals surface area contributed by atoms with Crippen LogP contribution in [0, 0.1) is 17.8 Å². The number of nitrogens with zero attached hydrogens (tertiary/aromatic N) is 6. The number of nitrogen functional groups attached to an aromatic ring is 3. The van der Waals surface area contributed by atoms with E-state index in [1.807, 2.05) is 0 Å². The Morgan fingerprint density at radius 3 is 0.865 bits per heavy atom. The number of hydrogen-bond acceptors (Lipinski definition) is 30. The molecule has 0 bridgehead atoms. The van der Waals surface area contributed by atoms with Gasteiger partial charge in [-0.25, -0.2) is 26.9 Å². The summed E-state index contributed by atoms with van der Waals surface area (Å²) in [6.07, 6.45) is -11.4. The van der Waals surface area contributed by atoms with Gasteiger partial charge in [0.15, 0.2) is 35.6 Å². The number of carbonyl (C=O) groups excluding carboxylic acids is 3. The van der Waals surface area contributed by atoms with E-state index in [0.717, 1.165) is 0 Å². The van der Waals surface area contributed by atoms with Gasteiger partial charge in [-0.2, -0.15) is 15.0 Å². The first kappa shape index (κ1) is 99.3. The molecular formula is C81H105Cl3F3N12O24P3. The minimum atomic E-state index is -4.19. The number of esters is 3. The van der Waals surface area contributed by atoms with Crippen LogP contribution in [0.1, 0.15) is 123 Å². The number of alkyl halides is 6. The molecule has 3 aliphatic heterocycles. The molecule has 126 heavy (non-hydrogen) atoms. The lowest BCUT2D eigenvalue weighted by molar-refractivity contribution is -0.152. The number of para-hydroxylation sites is 3.